The Hall–Kier alpha value is -3.84. The largest absolute Gasteiger partial charge is 0.741 e. The number of nitrogens with zero attached hydrogens (tertiary/aromatic N) is 1. The molecule has 0 saturated carbocycles. The molecule has 0 fully saturated rings. The average molecular weight is 808 g/mol. The maximum absolute atomic E-state index is 15.3. The van der Waals surface area contributed by atoms with E-state index in [0.717, 1.165) is 4.58 Å². The lowest BCUT2D eigenvalue weighted by Crippen LogP contribution is -2.75. The molecule has 51 heavy (non-hydrogen) atoms. The molecule has 3 rings (SSSR count). The fourth-order valence-corrected chi connectivity index (χ4v) is 8.35. The van der Waals surface area contributed by atoms with Gasteiger partial charge in [0, 0.05) is 5.92 Å². The summed E-state index contributed by atoms with van der Waals surface area (Å²) in [6.45, 7) is 1.18. The first-order chi connectivity index (χ1) is 23.1. The molecule has 25 heteroatoms. The van der Waals surface area contributed by atoms with Gasteiger partial charge in [-0.3, -0.25) is 0 Å². The van der Waals surface area contributed by atoms with Crippen LogP contribution in [-0.2, 0) is 14.5 Å². The Morgan fingerprint density at radius 1 is 0.588 bits per heavy atom. The number of halogens is 18. The van der Waals surface area contributed by atoms with Crippen LogP contribution in [0.4, 0.5) is 79.0 Å². The Balaban J connectivity index is 0.00000100. The van der Waals surface area contributed by atoms with Gasteiger partial charge in [0.05, 0.1) is 22.2 Å². The second-order valence-electron chi connectivity index (χ2n) is 10.1. The van der Waals surface area contributed by atoms with Crippen LogP contribution in [0.1, 0.15) is 13.8 Å². The average Bonchev–Trinajstić information content (AvgIpc) is 3.01. The van der Waals surface area contributed by atoms with Crippen LogP contribution in [0.15, 0.2) is 0 Å². The van der Waals surface area contributed by atoms with Gasteiger partial charge in [-0.15, -0.1) is 0 Å². The van der Waals surface area contributed by atoms with E-state index >= 15 is 26.3 Å². The lowest BCUT2D eigenvalue weighted by Gasteiger charge is -2.34. The SMILES string of the molecule is CC(C)C=[N+](C)CCO[Si](c1c(F)c(F)c(F)c(F)c1F)(c1c(F)c(F)c(F)c(F)c1F)c1c(F)c(F)c(F)c(F)c1F.O=S(=O)([O-])C(F)(F)F. The standard InChI is InChI=1S/C25H15F15NOSi.CHF3O3S/c1-7(2)6-41(3)4-5-42-43(23-17(35)11(29)8(26)12(30)18(23)36,24-19(37)13(31)9(27)14(32)20(24)38)25-21(39)15(33)10(28)16(34)22(25)40;2-1(3,4)8(5,6)7/h6-7H,4-5H2,1-3H3;(H,5,6,7)/q+1;/p-1. The van der Waals surface area contributed by atoms with Gasteiger partial charge in [0.1, 0.15) is 13.3 Å². The highest BCUT2D eigenvalue weighted by Crippen LogP contribution is 2.28. The number of hydrogen-bond acceptors (Lipinski definition) is 4. The summed E-state index contributed by atoms with van der Waals surface area (Å²) in [4.78, 5) is 0. The minimum absolute atomic E-state index is 0.285. The molecule has 0 aliphatic heterocycles. The summed E-state index contributed by atoms with van der Waals surface area (Å²) in [5, 5.41) is -8.19. The van der Waals surface area contributed by atoms with Crippen molar-refractivity contribution >= 4 is 40.2 Å². The third kappa shape index (κ3) is 7.99. The van der Waals surface area contributed by atoms with E-state index in [0.29, 0.717) is 0 Å². The van der Waals surface area contributed by atoms with Crippen molar-refractivity contribution in [3.05, 3.63) is 87.3 Å². The Kier molecular flexibility index (Phi) is 13.1. The quantitative estimate of drug-likeness (QED) is 0.0363. The summed E-state index contributed by atoms with van der Waals surface area (Å²) in [7, 11) is -12.1. The minimum Gasteiger partial charge on any atom is -0.741 e. The molecular weight excluding hydrogens is 792 g/mol. The number of rotatable bonds is 8. The lowest BCUT2D eigenvalue weighted by molar-refractivity contribution is -0.496. The molecule has 0 aliphatic rings. The van der Waals surface area contributed by atoms with Crippen LogP contribution >= 0.6 is 0 Å². The second kappa shape index (κ2) is 15.4. The topological polar surface area (TPSA) is 69.4 Å². The highest BCUT2D eigenvalue weighted by Gasteiger charge is 2.58. The van der Waals surface area contributed by atoms with Gasteiger partial charge < -0.3 is 8.98 Å². The molecule has 0 radical (unpaired) electrons. The predicted octanol–water partition coefficient (Wildman–Crippen LogP) is 5.18. The van der Waals surface area contributed by atoms with Crippen LogP contribution in [-0.4, -0.2) is 57.8 Å². The highest BCUT2D eigenvalue weighted by molar-refractivity contribution is 7.86. The van der Waals surface area contributed by atoms with E-state index in [1.54, 1.807) is 13.8 Å². The molecule has 0 bridgehead atoms. The van der Waals surface area contributed by atoms with Crippen molar-refractivity contribution in [1.82, 2.24) is 0 Å². The van der Waals surface area contributed by atoms with Gasteiger partial charge >= 0.3 is 13.8 Å². The van der Waals surface area contributed by atoms with Crippen molar-refractivity contribution in [2.45, 2.75) is 19.4 Å². The second-order valence-corrected chi connectivity index (χ2v) is 14.7. The number of benzene rings is 3. The highest BCUT2D eigenvalue weighted by atomic mass is 32.2. The smallest absolute Gasteiger partial charge is 0.485 e. The zero-order chi connectivity index (χ0) is 39.9. The van der Waals surface area contributed by atoms with Gasteiger partial charge in [-0.25, -0.2) is 78.8 Å². The predicted molar refractivity (Wildman–Crippen MR) is 137 cm³/mol. The maximum Gasteiger partial charge on any atom is 0.485 e. The van der Waals surface area contributed by atoms with Crippen LogP contribution in [0.3, 0.4) is 0 Å². The van der Waals surface area contributed by atoms with Crippen molar-refractivity contribution in [1.29, 1.82) is 0 Å². The first kappa shape index (κ1) is 43.3. The van der Waals surface area contributed by atoms with Crippen LogP contribution in [0, 0.1) is 93.2 Å². The molecule has 3 aromatic carbocycles. The molecule has 0 heterocycles. The first-order valence-corrected chi connectivity index (χ1v) is 16.2. The maximum atomic E-state index is 15.3. The van der Waals surface area contributed by atoms with Gasteiger partial charge in [-0.2, -0.15) is 13.2 Å². The van der Waals surface area contributed by atoms with Crippen molar-refractivity contribution in [2.75, 3.05) is 20.2 Å². The molecule has 284 valence electrons. The van der Waals surface area contributed by atoms with Gasteiger partial charge in [-0.1, -0.05) is 13.8 Å². The van der Waals surface area contributed by atoms with E-state index in [-0.39, 0.29) is 5.92 Å². The molecule has 0 atom stereocenters. The van der Waals surface area contributed by atoms with Gasteiger partial charge in [0.2, 0.25) is 17.5 Å². The molecule has 0 amide bonds. The lowest BCUT2D eigenvalue weighted by atomic mass is 10.2. The molecule has 0 aliphatic carbocycles. The third-order valence-electron chi connectivity index (χ3n) is 6.28. The molecule has 0 aromatic heterocycles. The summed E-state index contributed by atoms with van der Waals surface area (Å²) in [6.07, 6.45) is 1.36. The van der Waals surface area contributed by atoms with E-state index < -0.39 is 140 Å². The van der Waals surface area contributed by atoms with Crippen LogP contribution in [0.5, 0.6) is 0 Å². The van der Waals surface area contributed by atoms with E-state index in [1.807, 2.05) is 0 Å². The third-order valence-corrected chi connectivity index (χ3v) is 10.9. The van der Waals surface area contributed by atoms with Gasteiger partial charge in [-0.05, 0) is 0 Å². The van der Waals surface area contributed by atoms with Crippen LogP contribution < -0.4 is 15.6 Å². The normalized spacial score (nSPS) is 12.8. The first-order valence-electron chi connectivity index (χ1n) is 12.9. The molecule has 0 saturated heterocycles. The van der Waals surface area contributed by atoms with Crippen LogP contribution in [0.25, 0.3) is 0 Å². The van der Waals surface area contributed by atoms with Gasteiger partial charge in [0.25, 0.3) is 0 Å². The van der Waals surface area contributed by atoms with E-state index in [9.17, 15) is 52.7 Å². The molecule has 0 spiro atoms. The number of likely N-dealkylation sites (N-methyl/N-ethyl adjacent to an activating group) is 1. The Bertz CT molecular complexity index is 1750. The number of hydrogen-bond donors (Lipinski definition) is 0. The fraction of sp³-hybridized carbons (Fsp3) is 0.269. The molecule has 3 aromatic rings. The molecular formula is C26H15F18NO4SSi. The van der Waals surface area contributed by atoms with Gasteiger partial charge in [0.15, 0.2) is 86.5 Å². The fourth-order valence-electron chi connectivity index (χ4n) is 4.26. The number of alkyl halides is 3. The minimum atomic E-state index is -7.29. The van der Waals surface area contributed by atoms with E-state index in [2.05, 4.69) is 0 Å². The molecule has 0 unspecified atom stereocenters. The van der Waals surface area contributed by atoms with E-state index in [1.165, 1.54) is 13.3 Å². The Morgan fingerprint density at radius 3 is 1.00 bits per heavy atom. The summed E-state index contributed by atoms with van der Waals surface area (Å²) in [5.41, 5.74) is -5.65. The Labute approximate surface area is 274 Å². The zero-order valence-corrected chi connectivity index (χ0v) is 26.7. The molecule has 5 nitrogen and oxygen atoms in total. The van der Waals surface area contributed by atoms with Crippen molar-refractivity contribution in [3.8, 4) is 0 Å². The zero-order valence-electron chi connectivity index (χ0n) is 24.9. The summed E-state index contributed by atoms with van der Waals surface area (Å²) in [6, 6.07) is 0. The van der Waals surface area contributed by atoms with Crippen LogP contribution in [0.2, 0.25) is 0 Å². The van der Waals surface area contributed by atoms with Crippen molar-refractivity contribution in [3.63, 3.8) is 0 Å². The molecule has 0 N–H and O–H groups in total. The monoisotopic (exact) mass is 807 g/mol. The summed E-state index contributed by atoms with van der Waals surface area (Å²) < 4.78 is 285. The van der Waals surface area contributed by atoms with E-state index in [4.69, 9.17) is 17.4 Å². The Morgan fingerprint density at radius 2 is 0.804 bits per heavy atom. The van der Waals surface area contributed by atoms with Crippen molar-refractivity contribution < 1.29 is 101 Å². The summed E-state index contributed by atoms with van der Waals surface area (Å²) in [5.74, 6) is -46.2. The van der Waals surface area contributed by atoms with Crippen molar-refractivity contribution in [2.24, 2.45) is 5.92 Å². The summed E-state index contributed by atoms with van der Waals surface area (Å²) >= 11 is 0.